The fourth-order valence-electron chi connectivity index (χ4n) is 1.65. The lowest BCUT2D eigenvalue weighted by atomic mass is 9.89. The van der Waals surface area contributed by atoms with Gasteiger partial charge in [0.25, 0.3) is 0 Å². The van der Waals surface area contributed by atoms with Crippen LogP contribution in [0.1, 0.15) is 59.8 Å². The van der Waals surface area contributed by atoms with E-state index in [0.717, 1.165) is 32.1 Å². The molecule has 13 heavy (non-hydrogen) atoms. The third-order valence-electron chi connectivity index (χ3n) is 2.32. The van der Waals surface area contributed by atoms with Crippen LogP contribution < -0.4 is 0 Å². The van der Waals surface area contributed by atoms with Gasteiger partial charge in [-0.25, -0.2) is 0 Å². The zero-order valence-electron chi connectivity index (χ0n) is 9.56. The highest BCUT2D eigenvalue weighted by molar-refractivity contribution is 4.98. The lowest BCUT2D eigenvalue weighted by molar-refractivity contribution is 0.0240. The minimum atomic E-state index is -0.444. The molecule has 0 spiro atoms. The predicted molar refractivity (Wildman–Crippen MR) is 58.8 cm³/mol. The third-order valence-corrected chi connectivity index (χ3v) is 2.32. The van der Waals surface area contributed by atoms with E-state index in [4.69, 9.17) is 0 Å². The Morgan fingerprint density at radius 2 is 1.62 bits per heavy atom. The SMILES string of the molecule is CCCC(O)(CC=C(C)C)CCC. The quantitative estimate of drug-likeness (QED) is 0.624. The first kappa shape index (κ1) is 12.7. The Balaban J connectivity index is 4.14. The Kier molecular flexibility index (Phi) is 6.06. The number of hydrogen-bond acceptors (Lipinski definition) is 1. The van der Waals surface area contributed by atoms with E-state index in [9.17, 15) is 5.11 Å². The van der Waals surface area contributed by atoms with Crippen LogP contribution in [0.25, 0.3) is 0 Å². The number of rotatable bonds is 6. The van der Waals surface area contributed by atoms with Crippen LogP contribution in [0.5, 0.6) is 0 Å². The molecule has 0 aromatic heterocycles. The third kappa shape index (κ3) is 5.87. The molecule has 0 atom stereocenters. The van der Waals surface area contributed by atoms with Gasteiger partial charge in [0.05, 0.1) is 5.60 Å². The summed E-state index contributed by atoms with van der Waals surface area (Å²) in [4.78, 5) is 0. The molecular weight excluding hydrogens is 160 g/mol. The molecule has 0 amide bonds. The monoisotopic (exact) mass is 184 g/mol. The highest BCUT2D eigenvalue weighted by atomic mass is 16.3. The Hall–Kier alpha value is -0.300. The number of hydrogen-bond donors (Lipinski definition) is 1. The van der Waals surface area contributed by atoms with E-state index in [1.165, 1.54) is 5.57 Å². The Morgan fingerprint density at radius 3 is 1.92 bits per heavy atom. The summed E-state index contributed by atoms with van der Waals surface area (Å²) < 4.78 is 0. The van der Waals surface area contributed by atoms with Crippen LogP contribution in [-0.2, 0) is 0 Å². The van der Waals surface area contributed by atoms with E-state index in [1.807, 2.05) is 0 Å². The molecule has 0 aliphatic rings. The van der Waals surface area contributed by atoms with Crippen molar-refractivity contribution in [3.63, 3.8) is 0 Å². The number of aliphatic hydroxyl groups is 1. The Morgan fingerprint density at radius 1 is 1.15 bits per heavy atom. The normalized spacial score (nSPS) is 11.5. The van der Waals surface area contributed by atoms with Gasteiger partial charge in [0.2, 0.25) is 0 Å². The largest absolute Gasteiger partial charge is 0.390 e. The zero-order valence-corrected chi connectivity index (χ0v) is 9.56. The minimum absolute atomic E-state index is 0.444. The van der Waals surface area contributed by atoms with Crippen LogP contribution in [-0.4, -0.2) is 10.7 Å². The summed E-state index contributed by atoms with van der Waals surface area (Å²) >= 11 is 0. The van der Waals surface area contributed by atoms with Gasteiger partial charge in [0, 0.05) is 0 Å². The van der Waals surface area contributed by atoms with Crippen molar-refractivity contribution in [2.75, 3.05) is 0 Å². The van der Waals surface area contributed by atoms with Crippen molar-refractivity contribution in [3.05, 3.63) is 11.6 Å². The van der Waals surface area contributed by atoms with Crippen molar-refractivity contribution >= 4 is 0 Å². The summed E-state index contributed by atoms with van der Waals surface area (Å²) in [6, 6.07) is 0. The second kappa shape index (κ2) is 6.20. The smallest absolute Gasteiger partial charge is 0.0682 e. The molecule has 0 bridgehead atoms. The second-order valence-electron chi connectivity index (χ2n) is 4.21. The molecule has 0 fully saturated rings. The van der Waals surface area contributed by atoms with Gasteiger partial charge in [-0.3, -0.25) is 0 Å². The van der Waals surface area contributed by atoms with Crippen LogP contribution in [0.3, 0.4) is 0 Å². The topological polar surface area (TPSA) is 20.2 Å². The van der Waals surface area contributed by atoms with Crippen LogP contribution in [0, 0.1) is 0 Å². The highest BCUT2D eigenvalue weighted by Gasteiger charge is 2.22. The van der Waals surface area contributed by atoms with Crippen molar-refractivity contribution < 1.29 is 5.11 Å². The standard InChI is InChI=1S/C12H24O/c1-5-8-12(13,9-6-2)10-7-11(3)4/h7,13H,5-6,8-10H2,1-4H3. The van der Waals surface area contributed by atoms with E-state index in [0.29, 0.717) is 0 Å². The molecule has 0 unspecified atom stereocenters. The van der Waals surface area contributed by atoms with Gasteiger partial charge in [0.15, 0.2) is 0 Å². The molecule has 0 saturated heterocycles. The Labute approximate surface area is 82.9 Å². The summed E-state index contributed by atoms with van der Waals surface area (Å²) in [7, 11) is 0. The summed E-state index contributed by atoms with van der Waals surface area (Å²) in [6.07, 6.45) is 6.93. The predicted octanol–water partition coefficient (Wildman–Crippen LogP) is 3.67. The molecule has 0 saturated carbocycles. The van der Waals surface area contributed by atoms with E-state index in [2.05, 4.69) is 33.8 Å². The van der Waals surface area contributed by atoms with Crippen molar-refractivity contribution in [2.45, 2.75) is 65.4 Å². The van der Waals surface area contributed by atoms with E-state index in [1.54, 1.807) is 0 Å². The summed E-state index contributed by atoms with van der Waals surface area (Å²) in [5.41, 5.74) is 0.853. The van der Waals surface area contributed by atoms with Crippen LogP contribution in [0.15, 0.2) is 11.6 Å². The zero-order chi connectivity index (χ0) is 10.3. The van der Waals surface area contributed by atoms with Crippen LogP contribution in [0.2, 0.25) is 0 Å². The first-order valence-corrected chi connectivity index (χ1v) is 5.40. The summed E-state index contributed by atoms with van der Waals surface area (Å²) in [6.45, 7) is 8.42. The van der Waals surface area contributed by atoms with Crippen molar-refractivity contribution in [3.8, 4) is 0 Å². The Bertz CT molecular complexity index is 149. The van der Waals surface area contributed by atoms with Crippen molar-refractivity contribution in [1.82, 2.24) is 0 Å². The van der Waals surface area contributed by atoms with E-state index < -0.39 is 5.60 Å². The van der Waals surface area contributed by atoms with Gasteiger partial charge >= 0.3 is 0 Å². The molecule has 0 aliphatic heterocycles. The van der Waals surface area contributed by atoms with Crippen molar-refractivity contribution in [1.29, 1.82) is 0 Å². The average Bonchev–Trinajstić information content (AvgIpc) is 2.02. The maximum Gasteiger partial charge on any atom is 0.0682 e. The maximum absolute atomic E-state index is 10.2. The van der Waals surface area contributed by atoms with Gasteiger partial charge in [0.1, 0.15) is 0 Å². The lowest BCUT2D eigenvalue weighted by Crippen LogP contribution is -2.27. The first-order chi connectivity index (χ1) is 6.04. The van der Waals surface area contributed by atoms with Gasteiger partial charge < -0.3 is 5.11 Å². The molecule has 1 heteroatoms. The molecular formula is C12H24O. The second-order valence-corrected chi connectivity index (χ2v) is 4.21. The van der Waals surface area contributed by atoms with Gasteiger partial charge in [-0.05, 0) is 33.1 Å². The summed E-state index contributed by atoms with van der Waals surface area (Å²) in [5, 5.41) is 10.2. The summed E-state index contributed by atoms with van der Waals surface area (Å²) in [5.74, 6) is 0. The molecule has 1 N–H and O–H groups in total. The van der Waals surface area contributed by atoms with E-state index in [-0.39, 0.29) is 0 Å². The fourth-order valence-corrected chi connectivity index (χ4v) is 1.65. The van der Waals surface area contributed by atoms with Crippen LogP contribution in [0.4, 0.5) is 0 Å². The molecule has 0 aromatic carbocycles. The molecule has 78 valence electrons. The first-order valence-electron chi connectivity index (χ1n) is 5.40. The van der Waals surface area contributed by atoms with Crippen molar-refractivity contribution in [2.24, 2.45) is 0 Å². The highest BCUT2D eigenvalue weighted by Crippen LogP contribution is 2.24. The average molecular weight is 184 g/mol. The fraction of sp³-hybridized carbons (Fsp3) is 0.833. The lowest BCUT2D eigenvalue weighted by Gasteiger charge is -2.26. The molecule has 0 radical (unpaired) electrons. The number of allylic oxidation sites excluding steroid dienone is 1. The minimum Gasteiger partial charge on any atom is -0.390 e. The molecule has 0 aliphatic carbocycles. The molecule has 1 nitrogen and oxygen atoms in total. The van der Waals surface area contributed by atoms with Gasteiger partial charge in [-0.2, -0.15) is 0 Å². The maximum atomic E-state index is 10.2. The van der Waals surface area contributed by atoms with Gasteiger partial charge in [-0.15, -0.1) is 0 Å². The molecule has 0 aromatic rings. The van der Waals surface area contributed by atoms with E-state index >= 15 is 0 Å². The van der Waals surface area contributed by atoms with Gasteiger partial charge in [-0.1, -0.05) is 38.3 Å². The molecule has 0 rings (SSSR count). The molecule has 0 heterocycles. The van der Waals surface area contributed by atoms with Crippen LogP contribution >= 0.6 is 0 Å².